The SMILES string of the molecule is Nc1c(N=O)c(=O)[nH]c(=O)n1Cc1ccccc1Cl. The third-order valence-corrected chi connectivity index (χ3v) is 2.96. The average molecular weight is 281 g/mol. The lowest BCUT2D eigenvalue weighted by atomic mass is 10.2. The van der Waals surface area contributed by atoms with Crippen LogP contribution < -0.4 is 17.0 Å². The molecule has 0 aliphatic rings. The number of benzene rings is 1. The first-order valence-corrected chi connectivity index (χ1v) is 5.61. The van der Waals surface area contributed by atoms with Crippen LogP contribution in [0.5, 0.6) is 0 Å². The molecule has 0 atom stereocenters. The fourth-order valence-corrected chi connectivity index (χ4v) is 1.82. The quantitative estimate of drug-likeness (QED) is 0.823. The lowest BCUT2D eigenvalue weighted by Crippen LogP contribution is -2.32. The van der Waals surface area contributed by atoms with Gasteiger partial charge in [-0.25, -0.2) is 4.79 Å². The normalized spacial score (nSPS) is 10.4. The molecule has 1 aromatic heterocycles. The molecule has 0 saturated heterocycles. The van der Waals surface area contributed by atoms with Crippen molar-refractivity contribution in [1.29, 1.82) is 0 Å². The van der Waals surface area contributed by atoms with Gasteiger partial charge in [-0.2, -0.15) is 0 Å². The van der Waals surface area contributed by atoms with Crippen LogP contribution in [0.15, 0.2) is 39.0 Å². The van der Waals surface area contributed by atoms with Crippen LogP contribution in [0, 0.1) is 4.91 Å². The van der Waals surface area contributed by atoms with E-state index in [1.807, 2.05) is 4.98 Å². The lowest BCUT2D eigenvalue weighted by molar-refractivity contribution is 0.733. The van der Waals surface area contributed by atoms with Gasteiger partial charge < -0.3 is 5.73 Å². The molecule has 0 amide bonds. The summed E-state index contributed by atoms with van der Waals surface area (Å²) < 4.78 is 1.03. The molecular formula is C11H9ClN4O3. The summed E-state index contributed by atoms with van der Waals surface area (Å²) in [4.78, 5) is 35.5. The molecule has 1 heterocycles. The van der Waals surface area contributed by atoms with Crippen molar-refractivity contribution in [2.75, 3.05) is 5.73 Å². The van der Waals surface area contributed by atoms with Crippen LogP contribution in [0.2, 0.25) is 5.02 Å². The number of hydrogen-bond donors (Lipinski definition) is 2. The molecule has 8 heteroatoms. The second kappa shape index (κ2) is 5.07. The molecule has 0 aliphatic carbocycles. The van der Waals surface area contributed by atoms with Gasteiger partial charge in [0, 0.05) is 5.02 Å². The Hall–Kier alpha value is -2.41. The average Bonchev–Trinajstić information content (AvgIpc) is 2.36. The lowest BCUT2D eigenvalue weighted by Gasteiger charge is -2.10. The molecule has 0 saturated carbocycles. The van der Waals surface area contributed by atoms with Crippen molar-refractivity contribution < 1.29 is 0 Å². The van der Waals surface area contributed by atoms with Gasteiger partial charge in [0.05, 0.1) is 6.54 Å². The second-order valence-electron chi connectivity index (χ2n) is 3.76. The summed E-state index contributed by atoms with van der Waals surface area (Å²) in [6.45, 7) is 0.0314. The fraction of sp³-hybridized carbons (Fsp3) is 0.0909. The van der Waals surface area contributed by atoms with Crippen molar-refractivity contribution >= 4 is 23.1 Å². The van der Waals surface area contributed by atoms with Gasteiger partial charge in [-0.1, -0.05) is 29.8 Å². The van der Waals surface area contributed by atoms with Crippen LogP contribution in [0.1, 0.15) is 5.56 Å². The number of hydrogen-bond acceptors (Lipinski definition) is 5. The molecule has 0 bridgehead atoms. The van der Waals surface area contributed by atoms with Crippen molar-refractivity contribution in [2.45, 2.75) is 6.54 Å². The highest BCUT2D eigenvalue weighted by atomic mass is 35.5. The molecule has 0 fully saturated rings. The molecule has 19 heavy (non-hydrogen) atoms. The van der Waals surface area contributed by atoms with Gasteiger partial charge in [0.15, 0.2) is 0 Å². The Balaban J connectivity index is 2.59. The molecule has 0 spiro atoms. The number of halogens is 1. The van der Waals surface area contributed by atoms with Crippen molar-refractivity contribution in [3.05, 3.63) is 60.6 Å². The second-order valence-corrected chi connectivity index (χ2v) is 4.17. The van der Waals surface area contributed by atoms with Crippen molar-refractivity contribution in [3.63, 3.8) is 0 Å². The molecule has 2 rings (SSSR count). The molecular weight excluding hydrogens is 272 g/mol. The van der Waals surface area contributed by atoms with Crippen LogP contribution in [0.25, 0.3) is 0 Å². The first kappa shape index (κ1) is 13.0. The number of aromatic nitrogens is 2. The van der Waals surface area contributed by atoms with E-state index in [1.165, 1.54) is 0 Å². The van der Waals surface area contributed by atoms with E-state index in [4.69, 9.17) is 17.3 Å². The Morgan fingerprint density at radius 3 is 2.63 bits per heavy atom. The number of nitrogens with zero attached hydrogens (tertiary/aromatic N) is 2. The summed E-state index contributed by atoms with van der Waals surface area (Å²) in [6, 6.07) is 6.84. The maximum atomic E-state index is 11.7. The number of nitroso groups, excluding NO2 is 1. The molecule has 7 nitrogen and oxygen atoms in total. The third-order valence-electron chi connectivity index (χ3n) is 2.59. The molecule has 0 aliphatic heterocycles. The highest BCUT2D eigenvalue weighted by Crippen LogP contribution is 2.19. The minimum Gasteiger partial charge on any atom is -0.383 e. The van der Waals surface area contributed by atoms with Crippen molar-refractivity contribution in [2.24, 2.45) is 5.18 Å². The Morgan fingerprint density at radius 2 is 2.00 bits per heavy atom. The van der Waals surface area contributed by atoms with E-state index in [1.54, 1.807) is 24.3 Å². The zero-order valence-electron chi connectivity index (χ0n) is 9.59. The van der Waals surface area contributed by atoms with Crippen LogP contribution in [0.3, 0.4) is 0 Å². The fourth-order valence-electron chi connectivity index (χ4n) is 1.62. The highest BCUT2D eigenvalue weighted by Gasteiger charge is 2.13. The molecule has 2 aromatic rings. The summed E-state index contributed by atoms with van der Waals surface area (Å²) >= 11 is 5.97. The minimum atomic E-state index is -0.909. The third kappa shape index (κ3) is 2.41. The topological polar surface area (TPSA) is 110 Å². The number of H-pyrrole nitrogens is 1. The smallest absolute Gasteiger partial charge is 0.330 e. The van der Waals surface area contributed by atoms with Crippen LogP contribution >= 0.6 is 11.6 Å². The first-order chi connectivity index (χ1) is 9.04. The number of rotatable bonds is 3. The van der Waals surface area contributed by atoms with E-state index in [0.29, 0.717) is 10.6 Å². The number of nitrogens with two attached hydrogens (primary N) is 1. The van der Waals surface area contributed by atoms with Gasteiger partial charge in [-0.15, -0.1) is 4.91 Å². The maximum Gasteiger partial charge on any atom is 0.330 e. The van der Waals surface area contributed by atoms with E-state index in [-0.39, 0.29) is 12.4 Å². The maximum absolute atomic E-state index is 11.7. The zero-order chi connectivity index (χ0) is 14.0. The molecule has 98 valence electrons. The summed E-state index contributed by atoms with van der Waals surface area (Å²) in [7, 11) is 0. The predicted molar refractivity (Wildman–Crippen MR) is 71.7 cm³/mol. The van der Waals surface area contributed by atoms with Gasteiger partial charge >= 0.3 is 5.69 Å². The summed E-state index contributed by atoms with van der Waals surface area (Å²) in [5.41, 5.74) is 4.07. The van der Waals surface area contributed by atoms with Crippen LogP contribution in [-0.4, -0.2) is 9.55 Å². The molecule has 3 N–H and O–H groups in total. The Bertz CT molecular complexity index is 750. The van der Waals surface area contributed by atoms with Gasteiger partial charge in [0.25, 0.3) is 5.56 Å². The van der Waals surface area contributed by atoms with Crippen molar-refractivity contribution in [1.82, 2.24) is 9.55 Å². The van der Waals surface area contributed by atoms with Gasteiger partial charge in [-0.3, -0.25) is 14.3 Å². The van der Waals surface area contributed by atoms with E-state index >= 15 is 0 Å². The monoisotopic (exact) mass is 280 g/mol. The summed E-state index contributed by atoms with van der Waals surface area (Å²) in [5, 5.41) is 2.97. The van der Waals surface area contributed by atoms with Crippen LogP contribution in [0.4, 0.5) is 11.5 Å². The van der Waals surface area contributed by atoms with Crippen LogP contribution in [-0.2, 0) is 6.54 Å². The molecule has 0 unspecified atom stereocenters. The minimum absolute atomic E-state index is 0.0314. The Morgan fingerprint density at radius 1 is 1.32 bits per heavy atom. The predicted octanol–water partition coefficient (Wildman–Crippen LogP) is 1.22. The highest BCUT2D eigenvalue weighted by molar-refractivity contribution is 6.31. The number of aromatic amines is 1. The zero-order valence-corrected chi connectivity index (χ0v) is 10.3. The Labute approximate surface area is 111 Å². The standard InChI is InChI=1S/C11H9ClN4O3/c12-7-4-2-1-3-6(7)5-16-9(13)8(15-19)10(17)14-11(16)18/h1-4H,5,13H2,(H,14,17,18). The first-order valence-electron chi connectivity index (χ1n) is 5.24. The van der Waals surface area contributed by atoms with E-state index in [0.717, 1.165) is 4.57 Å². The van der Waals surface area contributed by atoms with Gasteiger partial charge in [0.2, 0.25) is 5.69 Å². The van der Waals surface area contributed by atoms with E-state index < -0.39 is 16.9 Å². The molecule has 0 radical (unpaired) electrons. The summed E-state index contributed by atoms with van der Waals surface area (Å²) in [5.74, 6) is -0.288. The number of nitrogens with one attached hydrogen (secondary N) is 1. The van der Waals surface area contributed by atoms with E-state index in [2.05, 4.69) is 5.18 Å². The Kier molecular flexibility index (Phi) is 3.48. The number of nitrogen functional groups attached to an aromatic ring is 1. The summed E-state index contributed by atoms with van der Waals surface area (Å²) in [6.07, 6.45) is 0. The van der Waals surface area contributed by atoms with E-state index in [9.17, 15) is 14.5 Å². The van der Waals surface area contributed by atoms with Gasteiger partial charge in [-0.05, 0) is 16.8 Å². The largest absolute Gasteiger partial charge is 0.383 e. The van der Waals surface area contributed by atoms with Crippen molar-refractivity contribution in [3.8, 4) is 0 Å². The molecule has 1 aromatic carbocycles. The van der Waals surface area contributed by atoms with Gasteiger partial charge in [0.1, 0.15) is 5.82 Å². The number of anilines is 1.